The van der Waals surface area contributed by atoms with Crippen LogP contribution in [0.3, 0.4) is 0 Å². The van der Waals surface area contributed by atoms with Gasteiger partial charge in [0.05, 0.1) is 11.0 Å². The van der Waals surface area contributed by atoms with Crippen molar-refractivity contribution >= 4 is 11.7 Å². The Morgan fingerprint density at radius 1 is 1.44 bits per heavy atom. The summed E-state index contributed by atoms with van der Waals surface area (Å²) in [5.41, 5.74) is 0.401. The van der Waals surface area contributed by atoms with Gasteiger partial charge in [-0.05, 0) is 44.2 Å². The quantitative estimate of drug-likeness (QED) is 0.859. The summed E-state index contributed by atoms with van der Waals surface area (Å²) in [5, 5.41) is 12.2. The van der Waals surface area contributed by atoms with Gasteiger partial charge >= 0.3 is 0 Å². The van der Waals surface area contributed by atoms with Crippen molar-refractivity contribution in [2.75, 3.05) is 32.1 Å². The van der Waals surface area contributed by atoms with Crippen LogP contribution >= 0.6 is 0 Å². The van der Waals surface area contributed by atoms with Crippen molar-refractivity contribution in [1.29, 1.82) is 5.26 Å². The predicted octanol–water partition coefficient (Wildman–Crippen LogP) is 2.56. The lowest BCUT2D eigenvalue weighted by molar-refractivity contribution is -0.150. The molecule has 1 amide bonds. The molecule has 0 aromatic carbocycles. The fourth-order valence-electron chi connectivity index (χ4n) is 3.79. The van der Waals surface area contributed by atoms with Gasteiger partial charge in [-0.2, -0.15) is 5.26 Å². The molecule has 2 aliphatic rings. The first kappa shape index (κ1) is 17.7. The summed E-state index contributed by atoms with van der Waals surface area (Å²) in [4.78, 5) is 19.3. The second kappa shape index (κ2) is 7.83. The molecule has 0 spiro atoms. The Morgan fingerprint density at radius 3 is 2.72 bits per heavy atom. The monoisotopic (exact) mass is 342 g/mol. The molecule has 0 atom stereocenters. The average Bonchev–Trinajstić information content (AvgIpc) is 2.62. The highest BCUT2D eigenvalue weighted by Crippen LogP contribution is 2.45. The molecular weight excluding hydrogens is 316 g/mol. The lowest BCUT2D eigenvalue weighted by atomic mass is 9.65. The number of amides is 1. The summed E-state index contributed by atoms with van der Waals surface area (Å²) in [6.45, 7) is 2.25. The molecule has 1 N–H and O–H groups in total. The number of aromatic nitrogens is 1. The number of carbonyl (C=O) groups excluding carboxylic acids is 1. The van der Waals surface area contributed by atoms with Crippen LogP contribution in [0.5, 0.6) is 0 Å². The van der Waals surface area contributed by atoms with Gasteiger partial charge in [0.1, 0.15) is 11.9 Å². The van der Waals surface area contributed by atoms with Crippen LogP contribution in [0.4, 0.5) is 5.82 Å². The molecule has 1 aromatic rings. The second-order valence-electron chi connectivity index (χ2n) is 7.13. The van der Waals surface area contributed by atoms with Gasteiger partial charge < -0.3 is 15.0 Å². The maximum atomic E-state index is 13.0. The van der Waals surface area contributed by atoms with Crippen LogP contribution in [0.1, 0.15) is 44.1 Å². The Morgan fingerprint density at radius 2 is 2.20 bits per heavy atom. The molecule has 1 aromatic heterocycles. The molecule has 2 fully saturated rings. The predicted molar refractivity (Wildman–Crippen MR) is 95.0 cm³/mol. The van der Waals surface area contributed by atoms with Crippen molar-refractivity contribution < 1.29 is 9.53 Å². The molecule has 1 aliphatic carbocycles. The molecule has 0 bridgehead atoms. The molecule has 1 aliphatic heterocycles. The summed E-state index contributed by atoms with van der Waals surface area (Å²) in [6.07, 6.45) is 7.43. The highest BCUT2D eigenvalue weighted by atomic mass is 16.5. The number of hydrogen-bond donors (Lipinski definition) is 1. The normalized spacial score (nSPS) is 19.8. The lowest BCUT2D eigenvalue weighted by Gasteiger charge is -2.45. The van der Waals surface area contributed by atoms with Gasteiger partial charge in [0.2, 0.25) is 5.91 Å². The molecule has 0 unspecified atom stereocenters. The third kappa shape index (κ3) is 3.93. The number of carbonyl (C=O) groups is 1. The zero-order valence-corrected chi connectivity index (χ0v) is 14.8. The van der Waals surface area contributed by atoms with E-state index < -0.39 is 0 Å². The van der Waals surface area contributed by atoms with Gasteiger partial charge in [0.25, 0.3) is 0 Å². The summed E-state index contributed by atoms with van der Waals surface area (Å²) < 4.78 is 5.20. The Balaban J connectivity index is 1.51. The number of nitrogens with zero attached hydrogens (tertiary/aromatic N) is 3. The lowest BCUT2D eigenvalue weighted by Crippen LogP contribution is -2.52. The van der Waals surface area contributed by atoms with Crippen LogP contribution in [-0.2, 0) is 9.53 Å². The zero-order valence-electron chi connectivity index (χ0n) is 14.8. The van der Waals surface area contributed by atoms with E-state index in [0.29, 0.717) is 24.1 Å². The minimum absolute atomic E-state index is 0.162. The molecule has 134 valence electrons. The fraction of sp³-hybridized carbons (Fsp3) is 0.632. The molecule has 1 saturated heterocycles. The SMILES string of the molecule is COCCC1(C(=O)N2CCC(Nc3ccc(C#N)cn3)CC2)CCC1. The van der Waals surface area contributed by atoms with E-state index in [-0.39, 0.29) is 5.41 Å². The van der Waals surface area contributed by atoms with Crippen molar-refractivity contribution in [2.24, 2.45) is 5.41 Å². The molecule has 2 heterocycles. The average molecular weight is 342 g/mol. The van der Waals surface area contributed by atoms with Gasteiger partial charge in [-0.25, -0.2) is 4.98 Å². The van der Waals surface area contributed by atoms with E-state index in [1.54, 1.807) is 19.4 Å². The van der Waals surface area contributed by atoms with E-state index in [4.69, 9.17) is 10.00 Å². The minimum Gasteiger partial charge on any atom is -0.385 e. The Hall–Kier alpha value is -2.13. The molecule has 6 nitrogen and oxygen atoms in total. The minimum atomic E-state index is -0.162. The summed E-state index contributed by atoms with van der Waals surface area (Å²) in [6, 6.07) is 6.00. The first-order valence-electron chi connectivity index (χ1n) is 9.08. The molecular formula is C19H26N4O2. The van der Waals surface area contributed by atoms with Gasteiger partial charge in [-0.3, -0.25) is 4.79 Å². The number of ether oxygens (including phenoxy) is 1. The Labute approximate surface area is 149 Å². The smallest absolute Gasteiger partial charge is 0.228 e. The number of rotatable bonds is 6. The van der Waals surface area contributed by atoms with Crippen molar-refractivity contribution in [1.82, 2.24) is 9.88 Å². The Kier molecular flexibility index (Phi) is 5.54. The maximum Gasteiger partial charge on any atom is 0.228 e. The standard InChI is InChI=1S/C19H26N4O2/c1-25-12-9-19(7-2-8-19)18(24)23-10-5-16(6-11-23)22-17-4-3-15(13-20)14-21-17/h3-4,14,16H,2,5-12H2,1H3,(H,21,22). The fourth-order valence-corrected chi connectivity index (χ4v) is 3.79. The van der Waals surface area contributed by atoms with Crippen LogP contribution < -0.4 is 5.32 Å². The molecule has 6 heteroatoms. The number of nitriles is 1. The van der Waals surface area contributed by atoms with E-state index >= 15 is 0 Å². The molecule has 3 rings (SSSR count). The first-order valence-corrected chi connectivity index (χ1v) is 9.08. The summed E-state index contributed by atoms with van der Waals surface area (Å²) >= 11 is 0. The van der Waals surface area contributed by atoms with Crippen LogP contribution in [0.15, 0.2) is 18.3 Å². The second-order valence-corrected chi connectivity index (χ2v) is 7.13. The number of piperidine rings is 1. The third-order valence-electron chi connectivity index (χ3n) is 5.58. The largest absolute Gasteiger partial charge is 0.385 e. The third-order valence-corrected chi connectivity index (χ3v) is 5.58. The molecule has 25 heavy (non-hydrogen) atoms. The number of pyridine rings is 1. The zero-order chi connectivity index (χ0) is 17.7. The molecule has 1 saturated carbocycles. The summed E-state index contributed by atoms with van der Waals surface area (Å²) in [7, 11) is 1.70. The van der Waals surface area contributed by atoms with Crippen molar-refractivity contribution in [3.8, 4) is 6.07 Å². The maximum absolute atomic E-state index is 13.0. The van der Waals surface area contributed by atoms with E-state index in [1.165, 1.54) is 0 Å². The van der Waals surface area contributed by atoms with Crippen molar-refractivity contribution in [2.45, 2.75) is 44.6 Å². The number of anilines is 1. The van der Waals surface area contributed by atoms with E-state index in [0.717, 1.165) is 57.4 Å². The number of likely N-dealkylation sites (tertiary alicyclic amines) is 1. The van der Waals surface area contributed by atoms with Gasteiger partial charge in [-0.1, -0.05) is 6.42 Å². The van der Waals surface area contributed by atoms with Crippen LogP contribution in [0.25, 0.3) is 0 Å². The number of hydrogen-bond acceptors (Lipinski definition) is 5. The van der Waals surface area contributed by atoms with Crippen LogP contribution in [0.2, 0.25) is 0 Å². The Bertz CT molecular complexity index is 626. The highest BCUT2D eigenvalue weighted by Gasteiger charge is 2.46. The van der Waals surface area contributed by atoms with Crippen molar-refractivity contribution in [3.63, 3.8) is 0 Å². The van der Waals surface area contributed by atoms with Gasteiger partial charge in [-0.15, -0.1) is 0 Å². The number of nitrogens with one attached hydrogen (secondary N) is 1. The first-order chi connectivity index (χ1) is 12.2. The van der Waals surface area contributed by atoms with E-state index in [9.17, 15) is 4.79 Å². The molecule has 0 radical (unpaired) electrons. The van der Waals surface area contributed by atoms with E-state index in [2.05, 4.69) is 16.4 Å². The van der Waals surface area contributed by atoms with Crippen LogP contribution in [0, 0.1) is 16.7 Å². The van der Waals surface area contributed by atoms with Gasteiger partial charge in [0, 0.05) is 39.0 Å². The highest BCUT2D eigenvalue weighted by molar-refractivity contribution is 5.83. The topological polar surface area (TPSA) is 78.2 Å². The van der Waals surface area contributed by atoms with Gasteiger partial charge in [0.15, 0.2) is 0 Å². The van der Waals surface area contributed by atoms with Crippen LogP contribution in [-0.4, -0.2) is 48.6 Å². The number of methoxy groups -OCH3 is 1. The summed E-state index contributed by atoms with van der Waals surface area (Å²) in [5.74, 6) is 1.12. The van der Waals surface area contributed by atoms with Crippen molar-refractivity contribution in [3.05, 3.63) is 23.9 Å². The van der Waals surface area contributed by atoms with E-state index in [1.807, 2.05) is 11.0 Å².